The second kappa shape index (κ2) is 5.52. The van der Waals surface area contributed by atoms with Gasteiger partial charge in [-0.25, -0.2) is 4.79 Å². The van der Waals surface area contributed by atoms with Crippen molar-refractivity contribution in [3.05, 3.63) is 21.4 Å². The van der Waals surface area contributed by atoms with E-state index in [4.69, 9.17) is 4.74 Å². The molecule has 1 aromatic rings. The van der Waals surface area contributed by atoms with Gasteiger partial charge in [0.25, 0.3) is 0 Å². The van der Waals surface area contributed by atoms with Gasteiger partial charge in [-0.15, -0.1) is 11.3 Å². The molecule has 0 spiro atoms. The van der Waals surface area contributed by atoms with Crippen molar-refractivity contribution >= 4 is 23.3 Å². The highest BCUT2D eigenvalue weighted by atomic mass is 32.1. The van der Waals surface area contributed by atoms with Crippen LogP contribution in [-0.4, -0.2) is 24.6 Å². The summed E-state index contributed by atoms with van der Waals surface area (Å²) in [6.07, 6.45) is 0.185. The van der Waals surface area contributed by atoms with Crippen molar-refractivity contribution in [1.29, 1.82) is 0 Å². The first kappa shape index (κ1) is 14.7. The number of hydrogen-bond acceptors (Lipinski definition) is 5. The zero-order valence-electron chi connectivity index (χ0n) is 11.3. The van der Waals surface area contributed by atoms with Crippen LogP contribution in [0.25, 0.3) is 0 Å². The van der Waals surface area contributed by atoms with Crippen LogP contribution in [0.2, 0.25) is 0 Å². The molecule has 1 heterocycles. The van der Waals surface area contributed by atoms with Crippen LogP contribution < -0.4 is 0 Å². The summed E-state index contributed by atoms with van der Waals surface area (Å²) in [6.45, 7) is 7.28. The van der Waals surface area contributed by atoms with E-state index in [2.05, 4.69) is 4.74 Å². The summed E-state index contributed by atoms with van der Waals surface area (Å²) in [5.74, 6) is -0.664. The number of thiophene rings is 1. The molecule has 0 amide bonds. The van der Waals surface area contributed by atoms with Gasteiger partial charge < -0.3 is 9.47 Å². The molecule has 0 bridgehead atoms. The standard InChI is InChI=1S/C13H18O4S/c1-8-9(12(15)16-5)7-18-10(8)6-11(14)17-13(2,3)4/h7H,6H2,1-5H3. The number of esters is 2. The Hall–Kier alpha value is -1.36. The van der Waals surface area contributed by atoms with Gasteiger partial charge in [-0.1, -0.05) is 0 Å². The maximum Gasteiger partial charge on any atom is 0.338 e. The molecule has 0 aromatic carbocycles. The van der Waals surface area contributed by atoms with Gasteiger partial charge in [-0.2, -0.15) is 0 Å². The van der Waals surface area contributed by atoms with E-state index in [9.17, 15) is 9.59 Å². The summed E-state index contributed by atoms with van der Waals surface area (Å²) in [5, 5.41) is 1.71. The predicted molar refractivity (Wildman–Crippen MR) is 69.9 cm³/mol. The molecule has 4 nitrogen and oxygen atoms in total. The minimum Gasteiger partial charge on any atom is -0.465 e. The van der Waals surface area contributed by atoms with Gasteiger partial charge in [0.1, 0.15) is 5.60 Å². The topological polar surface area (TPSA) is 52.6 Å². The van der Waals surface area contributed by atoms with Crippen molar-refractivity contribution in [3.8, 4) is 0 Å². The highest BCUT2D eigenvalue weighted by Gasteiger charge is 2.20. The molecule has 0 aliphatic heterocycles. The molecule has 5 heteroatoms. The Bertz CT molecular complexity index is 454. The molecule has 0 unspecified atom stereocenters. The molecule has 0 atom stereocenters. The van der Waals surface area contributed by atoms with Gasteiger partial charge in [0.15, 0.2) is 0 Å². The maximum absolute atomic E-state index is 11.7. The van der Waals surface area contributed by atoms with Crippen molar-refractivity contribution in [3.63, 3.8) is 0 Å². The molecule has 0 fully saturated rings. The van der Waals surface area contributed by atoms with Gasteiger partial charge in [0, 0.05) is 10.3 Å². The molecule has 0 aliphatic rings. The Balaban J connectivity index is 2.78. The Morgan fingerprint density at radius 3 is 2.44 bits per heavy atom. The number of methoxy groups -OCH3 is 1. The summed E-state index contributed by atoms with van der Waals surface area (Å²) < 4.78 is 9.91. The summed E-state index contributed by atoms with van der Waals surface area (Å²) >= 11 is 1.37. The normalized spacial score (nSPS) is 11.2. The predicted octanol–water partition coefficient (Wildman–Crippen LogP) is 2.73. The first-order valence-electron chi connectivity index (χ1n) is 5.61. The first-order chi connectivity index (χ1) is 8.24. The molecule has 1 aromatic heterocycles. The third-order valence-corrected chi connectivity index (χ3v) is 3.36. The minimum absolute atomic E-state index is 0.185. The van der Waals surface area contributed by atoms with E-state index in [0.717, 1.165) is 10.4 Å². The van der Waals surface area contributed by atoms with E-state index in [1.54, 1.807) is 5.38 Å². The SMILES string of the molecule is COC(=O)c1csc(CC(=O)OC(C)(C)C)c1C. The largest absolute Gasteiger partial charge is 0.465 e. The smallest absolute Gasteiger partial charge is 0.338 e. The summed E-state index contributed by atoms with van der Waals surface area (Å²) in [7, 11) is 1.34. The Morgan fingerprint density at radius 2 is 1.94 bits per heavy atom. The van der Waals surface area contributed by atoms with E-state index in [1.807, 2.05) is 27.7 Å². The van der Waals surface area contributed by atoms with Gasteiger partial charge in [0.05, 0.1) is 19.1 Å². The molecule has 0 N–H and O–H groups in total. The van der Waals surface area contributed by atoms with Gasteiger partial charge in [0.2, 0.25) is 0 Å². The van der Waals surface area contributed by atoms with E-state index in [0.29, 0.717) is 5.56 Å². The van der Waals surface area contributed by atoms with Crippen molar-refractivity contribution < 1.29 is 19.1 Å². The lowest BCUT2D eigenvalue weighted by atomic mass is 10.1. The van der Waals surface area contributed by atoms with Crippen molar-refractivity contribution in [2.24, 2.45) is 0 Å². The first-order valence-corrected chi connectivity index (χ1v) is 6.49. The van der Waals surface area contributed by atoms with Crippen LogP contribution in [0, 0.1) is 6.92 Å². The van der Waals surface area contributed by atoms with Gasteiger partial charge >= 0.3 is 11.9 Å². The summed E-state index contributed by atoms with van der Waals surface area (Å²) in [4.78, 5) is 24.0. The number of hydrogen-bond donors (Lipinski definition) is 0. The lowest BCUT2D eigenvalue weighted by molar-refractivity contribution is -0.153. The van der Waals surface area contributed by atoms with Crippen LogP contribution in [0.15, 0.2) is 5.38 Å². The van der Waals surface area contributed by atoms with Crippen molar-refractivity contribution in [1.82, 2.24) is 0 Å². The van der Waals surface area contributed by atoms with Crippen LogP contribution in [-0.2, 0) is 20.7 Å². The third-order valence-electron chi connectivity index (χ3n) is 2.27. The number of carbonyl (C=O) groups excluding carboxylic acids is 2. The highest BCUT2D eigenvalue weighted by molar-refractivity contribution is 7.10. The molecule has 100 valence electrons. The monoisotopic (exact) mass is 270 g/mol. The number of ether oxygens (including phenoxy) is 2. The molecule has 0 saturated heterocycles. The fourth-order valence-electron chi connectivity index (χ4n) is 1.45. The average molecular weight is 270 g/mol. The van der Waals surface area contributed by atoms with E-state index in [-0.39, 0.29) is 18.4 Å². The van der Waals surface area contributed by atoms with E-state index >= 15 is 0 Å². The fourth-order valence-corrected chi connectivity index (χ4v) is 2.47. The molecule has 0 saturated carbocycles. The number of carbonyl (C=O) groups is 2. The zero-order valence-corrected chi connectivity index (χ0v) is 12.1. The fraction of sp³-hybridized carbons (Fsp3) is 0.538. The molecule has 0 radical (unpaired) electrons. The minimum atomic E-state index is -0.493. The van der Waals surface area contributed by atoms with Crippen LogP contribution in [0.1, 0.15) is 41.6 Å². The molecular weight excluding hydrogens is 252 g/mol. The lowest BCUT2D eigenvalue weighted by Gasteiger charge is -2.19. The van der Waals surface area contributed by atoms with Crippen LogP contribution in [0.5, 0.6) is 0 Å². The van der Waals surface area contributed by atoms with Crippen molar-refractivity contribution in [2.45, 2.75) is 39.7 Å². The van der Waals surface area contributed by atoms with Crippen LogP contribution in [0.3, 0.4) is 0 Å². The average Bonchev–Trinajstić information content (AvgIpc) is 2.57. The second-order valence-corrected chi connectivity index (χ2v) is 5.92. The third kappa shape index (κ3) is 3.84. The van der Waals surface area contributed by atoms with Gasteiger partial charge in [-0.05, 0) is 33.3 Å². The van der Waals surface area contributed by atoms with Crippen molar-refractivity contribution in [2.75, 3.05) is 7.11 Å². The van der Waals surface area contributed by atoms with Crippen LogP contribution >= 0.6 is 11.3 Å². The second-order valence-electron chi connectivity index (χ2n) is 4.95. The van der Waals surface area contributed by atoms with Gasteiger partial charge in [-0.3, -0.25) is 4.79 Å². The maximum atomic E-state index is 11.7. The molecular formula is C13H18O4S. The molecule has 1 rings (SSSR count). The quantitative estimate of drug-likeness (QED) is 0.792. The molecule has 0 aliphatic carbocycles. The summed E-state index contributed by atoms with van der Waals surface area (Å²) in [6, 6.07) is 0. The van der Waals surface area contributed by atoms with E-state index < -0.39 is 5.60 Å². The van der Waals surface area contributed by atoms with E-state index in [1.165, 1.54) is 18.4 Å². The number of rotatable bonds is 3. The zero-order chi connectivity index (χ0) is 13.9. The highest BCUT2D eigenvalue weighted by Crippen LogP contribution is 2.24. The Labute approximate surface area is 111 Å². The van der Waals surface area contributed by atoms with Crippen LogP contribution in [0.4, 0.5) is 0 Å². The summed E-state index contributed by atoms with van der Waals surface area (Å²) in [5.41, 5.74) is 0.812. The Morgan fingerprint density at radius 1 is 1.33 bits per heavy atom. The molecule has 18 heavy (non-hydrogen) atoms. The Kier molecular flexibility index (Phi) is 4.51. The lowest BCUT2D eigenvalue weighted by Crippen LogP contribution is -2.24.